The van der Waals surface area contributed by atoms with Gasteiger partial charge in [-0.1, -0.05) is 6.42 Å². The Bertz CT molecular complexity index is 234. The molecule has 2 N–H and O–H groups in total. The van der Waals surface area contributed by atoms with E-state index in [0.717, 1.165) is 25.9 Å². The third-order valence-electron chi connectivity index (χ3n) is 2.05. The molecule has 1 fully saturated rings. The average Bonchev–Trinajstić information content (AvgIpc) is 2.04. The molecule has 1 aliphatic heterocycles. The van der Waals surface area contributed by atoms with E-state index >= 15 is 0 Å². The number of hydrogen-bond donors (Lipinski definition) is 2. The molecule has 0 saturated carbocycles. The number of nitrogens with one attached hydrogen (secondary N) is 1. The largest absolute Gasteiger partial charge is 0.286 e. The van der Waals surface area contributed by atoms with E-state index in [2.05, 4.69) is 5.43 Å². The lowest BCUT2D eigenvalue weighted by Gasteiger charge is -2.26. The van der Waals surface area contributed by atoms with Crippen LogP contribution in [0.4, 0.5) is 0 Å². The lowest BCUT2D eigenvalue weighted by molar-refractivity contribution is 0.158. The summed E-state index contributed by atoms with van der Waals surface area (Å²) >= 11 is 0. The lowest BCUT2D eigenvalue weighted by atomic mass is 10.2. The van der Waals surface area contributed by atoms with Crippen LogP contribution in [-0.2, 0) is 10.1 Å². The van der Waals surface area contributed by atoms with Crippen molar-refractivity contribution in [3.05, 3.63) is 0 Å². The van der Waals surface area contributed by atoms with Crippen molar-refractivity contribution < 1.29 is 13.0 Å². The average molecular weight is 208 g/mol. The molecule has 0 aromatic rings. The van der Waals surface area contributed by atoms with E-state index in [-0.39, 0.29) is 5.75 Å². The van der Waals surface area contributed by atoms with Crippen LogP contribution >= 0.6 is 0 Å². The summed E-state index contributed by atoms with van der Waals surface area (Å²) in [5, 5.41) is 2.01. The van der Waals surface area contributed by atoms with Gasteiger partial charge in [0.15, 0.2) is 0 Å². The fourth-order valence-corrected chi connectivity index (χ4v) is 1.73. The normalized spacial score (nSPS) is 20.4. The first-order chi connectivity index (χ1) is 6.08. The fraction of sp³-hybridized carbons (Fsp3) is 1.00. The molecular formula is C7H16N2O3S. The van der Waals surface area contributed by atoms with E-state index < -0.39 is 10.1 Å². The smallest absolute Gasteiger partial charge is 0.266 e. The lowest BCUT2D eigenvalue weighted by Crippen LogP contribution is -2.43. The molecule has 0 aromatic carbocycles. The molecular weight excluding hydrogens is 192 g/mol. The standard InChI is InChI=1S/C7H16N2O3S/c10-13(11,12)7-4-8-9-5-2-1-3-6-9/h8H,1-7H2,(H,10,11,12). The third kappa shape index (κ3) is 5.20. The summed E-state index contributed by atoms with van der Waals surface area (Å²) in [5.41, 5.74) is 2.97. The summed E-state index contributed by atoms with van der Waals surface area (Å²) in [4.78, 5) is 0. The number of hydrogen-bond acceptors (Lipinski definition) is 4. The van der Waals surface area contributed by atoms with Crippen LogP contribution in [0, 0.1) is 0 Å². The van der Waals surface area contributed by atoms with Gasteiger partial charge in [0.1, 0.15) is 0 Å². The van der Waals surface area contributed by atoms with E-state index in [9.17, 15) is 8.42 Å². The molecule has 0 aliphatic carbocycles. The van der Waals surface area contributed by atoms with Crippen molar-refractivity contribution in [3.8, 4) is 0 Å². The van der Waals surface area contributed by atoms with Crippen LogP contribution in [0.5, 0.6) is 0 Å². The Morgan fingerprint density at radius 3 is 2.38 bits per heavy atom. The van der Waals surface area contributed by atoms with Gasteiger partial charge in [-0.15, -0.1) is 0 Å². The molecule has 0 spiro atoms. The quantitative estimate of drug-likeness (QED) is 0.630. The molecule has 0 bridgehead atoms. The first-order valence-corrected chi connectivity index (χ1v) is 6.12. The zero-order valence-electron chi connectivity index (χ0n) is 7.57. The molecule has 0 aromatic heterocycles. The maximum atomic E-state index is 10.4. The molecule has 6 heteroatoms. The summed E-state index contributed by atoms with van der Waals surface area (Å²) < 4.78 is 29.2. The third-order valence-corrected chi connectivity index (χ3v) is 2.77. The van der Waals surface area contributed by atoms with Crippen molar-refractivity contribution in [1.82, 2.24) is 10.4 Å². The molecule has 0 amide bonds. The second-order valence-electron chi connectivity index (χ2n) is 3.24. The van der Waals surface area contributed by atoms with Gasteiger partial charge >= 0.3 is 0 Å². The summed E-state index contributed by atoms with van der Waals surface area (Å²) in [7, 11) is -3.81. The molecule has 1 aliphatic rings. The van der Waals surface area contributed by atoms with Crippen LogP contribution in [0.25, 0.3) is 0 Å². The Balaban J connectivity index is 2.11. The Hall–Kier alpha value is -0.170. The number of rotatable bonds is 4. The minimum atomic E-state index is -3.81. The zero-order chi connectivity index (χ0) is 9.73. The zero-order valence-corrected chi connectivity index (χ0v) is 8.39. The van der Waals surface area contributed by atoms with Crippen molar-refractivity contribution in [1.29, 1.82) is 0 Å². The van der Waals surface area contributed by atoms with E-state index in [0.29, 0.717) is 6.54 Å². The van der Waals surface area contributed by atoms with Gasteiger partial charge < -0.3 is 0 Å². The van der Waals surface area contributed by atoms with Gasteiger partial charge in [0.05, 0.1) is 5.75 Å². The van der Waals surface area contributed by atoms with Crippen LogP contribution in [0.1, 0.15) is 19.3 Å². The first kappa shape index (κ1) is 10.9. The molecule has 0 radical (unpaired) electrons. The second-order valence-corrected chi connectivity index (χ2v) is 4.81. The van der Waals surface area contributed by atoms with Gasteiger partial charge in [0.2, 0.25) is 0 Å². The Morgan fingerprint density at radius 1 is 1.23 bits per heavy atom. The highest BCUT2D eigenvalue weighted by Gasteiger charge is 2.10. The predicted octanol–water partition coefficient (Wildman–Crippen LogP) is -0.135. The maximum absolute atomic E-state index is 10.4. The minimum Gasteiger partial charge on any atom is -0.286 e. The van der Waals surface area contributed by atoms with E-state index in [4.69, 9.17) is 4.55 Å². The van der Waals surface area contributed by atoms with Gasteiger partial charge in [0.25, 0.3) is 10.1 Å². The minimum absolute atomic E-state index is 0.219. The van der Waals surface area contributed by atoms with Gasteiger partial charge in [-0.3, -0.25) is 9.98 Å². The van der Waals surface area contributed by atoms with Crippen LogP contribution in [0.15, 0.2) is 0 Å². The highest BCUT2D eigenvalue weighted by molar-refractivity contribution is 7.85. The highest BCUT2D eigenvalue weighted by Crippen LogP contribution is 2.05. The summed E-state index contributed by atoms with van der Waals surface area (Å²) in [6.45, 7) is 2.22. The van der Waals surface area contributed by atoms with E-state index in [1.54, 1.807) is 0 Å². The SMILES string of the molecule is O=S(=O)(O)CCNN1CCCCC1. The van der Waals surface area contributed by atoms with Crippen LogP contribution in [0.2, 0.25) is 0 Å². The van der Waals surface area contributed by atoms with Gasteiger partial charge in [-0.25, -0.2) is 5.01 Å². The Kier molecular flexibility index (Phi) is 4.11. The van der Waals surface area contributed by atoms with Crippen molar-refractivity contribution in [2.45, 2.75) is 19.3 Å². The summed E-state index contributed by atoms with van der Waals surface area (Å²) in [6.07, 6.45) is 3.55. The second kappa shape index (κ2) is 4.90. The van der Waals surface area contributed by atoms with Crippen molar-refractivity contribution >= 4 is 10.1 Å². The van der Waals surface area contributed by atoms with Crippen LogP contribution in [0.3, 0.4) is 0 Å². The Labute approximate surface area is 78.8 Å². The molecule has 1 saturated heterocycles. The van der Waals surface area contributed by atoms with Gasteiger partial charge in [-0.05, 0) is 12.8 Å². The molecule has 78 valence electrons. The van der Waals surface area contributed by atoms with Crippen molar-refractivity contribution in [2.75, 3.05) is 25.4 Å². The van der Waals surface area contributed by atoms with Crippen molar-refractivity contribution in [2.24, 2.45) is 0 Å². The van der Waals surface area contributed by atoms with Gasteiger partial charge in [0, 0.05) is 19.6 Å². The first-order valence-electron chi connectivity index (χ1n) is 4.51. The molecule has 1 rings (SSSR count). The van der Waals surface area contributed by atoms with Crippen molar-refractivity contribution in [3.63, 3.8) is 0 Å². The summed E-state index contributed by atoms with van der Waals surface area (Å²) in [6, 6.07) is 0. The molecule has 0 atom stereocenters. The van der Waals surface area contributed by atoms with E-state index in [1.807, 2.05) is 5.01 Å². The highest BCUT2D eigenvalue weighted by atomic mass is 32.2. The number of nitrogens with zero attached hydrogens (tertiary/aromatic N) is 1. The topological polar surface area (TPSA) is 69.6 Å². The number of hydrazine groups is 1. The van der Waals surface area contributed by atoms with Crippen LogP contribution < -0.4 is 5.43 Å². The maximum Gasteiger partial charge on any atom is 0.266 e. The molecule has 13 heavy (non-hydrogen) atoms. The molecule has 1 heterocycles. The van der Waals surface area contributed by atoms with E-state index in [1.165, 1.54) is 6.42 Å². The fourth-order valence-electron chi connectivity index (χ4n) is 1.38. The monoisotopic (exact) mass is 208 g/mol. The number of piperidine rings is 1. The predicted molar refractivity (Wildman–Crippen MR) is 49.8 cm³/mol. The van der Waals surface area contributed by atoms with Crippen LogP contribution in [-0.4, -0.2) is 43.4 Å². The molecule has 0 unspecified atom stereocenters. The molecule has 5 nitrogen and oxygen atoms in total. The Morgan fingerprint density at radius 2 is 1.85 bits per heavy atom. The van der Waals surface area contributed by atoms with Gasteiger partial charge in [-0.2, -0.15) is 8.42 Å². The summed E-state index contributed by atoms with van der Waals surface area (Å²) in [5.74, 6) is -0.219.